The second-order valence-corrected chi connectivity index (χ2v) is 4.37. The van der Waals surface area contributed by atoms with Crippen molar-refractivity contribution < 1.29 is 45.1 Å². The normalized spacial score (nSPS) is 20.8. The van der Waals surface area contributed by atoms with E-state index in [1.54, 1.807) is 0 Å². The van der Waals surface area contributed by atoms with E-state index in [1.807, 2.05) is 13.8 Å². The van der Waals surface area contributed by atoms with Crippen LogP contribution in [0.1, 0.15) is 13.8 Å². The Labute approximate surface area is 134 Å². The van der Waals surface area contributed by atoms with Crippen molar-refractivity contribution in [2.45, 2.75) is 31.7 Å². The number of hydrogen-bond donors (Lipinski definition) is 6. The molecule has 12 heteroatoms. The number of nitro groups is 1. The number of non-ortho nitro benzene ring substituents is 1. The van der Waals surface area contributed by atoms with E-state index in [0.717, 1.165) is 24.3 Å². The molecule has 1 heterocycles. The van der Waals surface area contributed by atoms with Crippen LogP contribution in [0, 0.1) is 10.1 Å². The summed E-state index contributed by atoms with van der Waals surface area (Å²) < 4.78 is 3.73. The summed E-state index contributed by atoms with van der Waals surface area (Å²) in [7, 11) is 0. The van der Waals surface area contributed by atoms with Crippen molar-refractivity contribution in [3.05, 3.63) is 34.4 Å². The number of amides is 1. The van der Waals surface area contributed by atoms with Gasteiger partial charge in [-0.05, 0) is 12.1 Å². The average Bonchev–Trinajstić information content (AvgIpc) is 2.47. The summed E-state index contributed by atoms with van der Waals surface area (Å²) in [5, 5.41) is 67.1. The molecule has 12 nitrogen and oxygen atoms in total. The molecule has 0 spiro atoms. The number of benzene rings is 1. The van der Waals surface area contributed by atoms with E-state index in [-0.39, 0.29) is 4.90 Å². The predicted molar refractivity (Wildman–Crippen MR) is 74.5 cm³/mol. The van der Waals surface area contributed by atoms with Crippen LogP contribution in [-0.4, -0.2) is 59.3 Å². The number of nitro benzene ring substituents is 1. The van der Waals surface area contributed by atoms with Crippen LogP contribution in [0.5, 0.6) is 0 Å². The standard InChI is InChI=1S/C10H10N2O10.C2H6/c13-7-8(14,15)22-10(18,19)9(16,17)11(7)5-1-3-6(4-2-5)12(20)21;1-2/h1-4,14-19H;1-2H3. The third-order valence-electron chi connectivity index (χ3n) is 2.83. The molecule has 0 aromatic heterocycles. The summed E-state index contributed by atoms with van der Waals surface area (Å²) in [6, 6.07) is 3.41. The molecule has 6 N–H and O–H groups in total. The maximum atomic E-state index is 11.8. The fourth-order valence-corrected chi connectivity index (χ4v) is 1.76. The minimum absolute atomic E-state index is 0.208. The highest BCUT2D eigenvalue weighted by Gasteiger charge is 2.68. The molecule has 1 amide bonds. The Bertz CT molecular complexity index is 625. The first-order valence-electron chi connectivity index (χ1n) is 6.53. The van der Waals surface area contributed by atoms with Crippen molar-refractivity contribution in [3.63, 3.8) is 0 Å². The highest BCUT2D eigenvalue weighted by Crippen LogP contribution is 2.37. The largest absolute Gasteiger partial charge is 0.367 e. The maximum Gasteiger partial charge on any atom is 0.367 e. The quantitative estimate of drug-likeness (QED) is 0.196. The third kappa shape index (κ3) is 3.20. The number of carbonyl (C=O) groups excluding carboxylic acids is 1. The van der Waals surface area contributed by atoms with Gasteiger partial charge in [0.1, 0.15) is 0 Å². The lowest BCUT2D eigenvalue weighted by molar-refractivity contribution is -0.532. The lowest BCUT2D eigenvalue weighted by Gasteiger charge is -2.48. The first kappa shape index (κ1) is 19.9. The van der Waals surface area contributed by atoms with Crippen LogP contribution in [0.2, 0.25) is 0 Å². The van der Waals surface area contributed by atoms with Crippen molar-refractivity contribution in [2.24, 2.45) is 0 Å². The molecule has 1 saturated heterocycles. The van der Waals surface area contributed by atoms with E-state index in [9.17, 15) is 45.5 Å². The number of anilines is 1. The zero-order chi connectivity index (χ0) is 18.9. The van der Waals surface area contributed by atoms with Crippen molar-refractivity contribution >= 4 is 17.3 Å². The van der Waals surface area contributed by atoms with Crippen LogP contribution in [0.25, 0.3) is 0 Å². The summed E-state index contributed by atoms with van der Waals surface area (Å²) >= 11 is 0. The van der Waals surface area contributed by atoms with Gasteiger partial charge in [-0.3, -0.25) is 19.6 Å². The summed E-state index contributed by atoms with van der Waals surface area (Å²) in [5.74, 6) is -13.4. The maximum absolute atomic E-state index is 11.8. The first-order valence-corrected chi connectivity index (χ1v) is 6.53. The Morgan fingerprint density at radius 1 is 1.04 bits per heavy atom. The molecular formula is C12H16N2O10. The van der Waals surface area contributed by atoms with Gasteiger partial charge in [-0.25, -0.2) is 4.90 Å². The van der Waals surface area contributed by atoms with Crippen LogP contribution in [0.15, 0.2) is 24.3 Å². The minimum atomic E-state index is -3.97. The number of rotatable bonds is 2. The molecule has 0 atom stereocenters. The summed E-state index contributed by atoms with van der Waals surface area (Å²) in [6.45, 7) is 4.00. The van der Waals surface area contributed by atoms with Gasteiger partial charge in [-0.1, -0.05) is 13.8 Å². The average molecular weight is 348 g/mol. The van der Waals surface area contributed by atoms with Crippen molar-refractivity contribution in [1.29, 1.82) is 0 Å². The lowest BCUT2D eigenvalue weighted by atomic mass is 10.1. The second-order valence-electron chi connectivity index (χ2n) is 4.37. The minimum Gasteiger partial charge on any atom is -0.342 e. The topological polar surface area (TPSA) is 194 Å². The third-order valence-corrected chi connectivity index (χ3v) is 2.83. The Balaban J connectivity index is 0.00000139. The van der Waals surface area contributed by atoms with Crippen LogP contribution in [0.3, 0.4) is 0 Å². The molecule has 24 heavy (non-hydrogen) atoms. The van der Waals surface area contributed by atoms with Gasteiger partial charge < -0.3 is 30.6 Å². The molecule has 2 rings (SSSR count). The Hall–Kier alpha value is -2.19. The van der Waals surface area contributed by atoms with E-state index in [0.29, 0.717) is 0 Å². The van der Waals surface area contributed by atoms with E-state index in [1.165, 1.54) is 0 Å². The van der Waals surface area contributed by atoms with Crippen LogP contribution in [-0.2, 0) is 9.53 Å². The van der Waals surface area contributed by atoms with Gasteiger partial charge in [-0.2, -0.15) is 0 Å². The zero-order valence-corrected chi connectivity index (χ0v) is 12.5. The predicted octanol–water partition coefficient (Wildman–Crippen LogP) is -2.10. The summed E-state index contributed by atoms with van der Waals surface area (Å²) in [5.41, 5.74) is -0.923. The first-order chi connectivity index (χ1) is 10.9. The molecule has 1 aliphatic rings. The van der Waals surface area contributed by atoms with Gasteiger partial charge in [0.05, 0.1) is 10.6 Å². The highest BCUT2D eigenvalue weighted by atomic mass is 16.9. The smallest absolute Gasteiger partial charge is 0.342 e. The number of morpholine rings is 1. The van der Waals surface area contributed by atoms with Crippen LogP contribution in [0.4, 0.5) is 11.4 Å². The van der Waals surface area contributed by atoms with E-state index in [4.69, 9.17) is 0 Å². The van der Waals surface area contributed by atoms with Gasteiger partial charge in [0.25, 0.3) is 5.69 Å². The van der Waals surface area contributed by atoms with Gasteiger partial charge in [0.15, 0.2) is 0 Å². The van der Waals surface area contributed by atoms with Gasteiger partial charge >= 0.3 is 23.8 Å². The summed E-state index contributed by atoms with van der Waals surface area (Å²) in [4.78, 5) is 21.3. The van der Waals surface area contributed by atoms with Crippen molar-refractivity contribution in [2.75, 3.05) is 4.90 Å². The SMILES string of the molecule is CC.O=C1N(c2ccc([N+](=O)[O-])cc2)C(O)(O)C(O)(O)OC1(O)O. The molecule has 1 aromatic carbocycles. The number of nitrogens with zero attached hydrogens (tertiary/aromatic N) is 2. The van der Waals surface area contributed by atoms with Crippen LogP contribution < -0.4 is 4.90 Å². The molecule has 0 saturated carbocycles. The van der Waals surface area contributed by atoms with Gasteiger partial charge in [0, 0.05) is 12.1 Å². The van der Waals surface area contributed by atoms with Gasteiger partial charge in [0.2, 0.25) is 0 Å². The van der Waals surface area contributed by atoms with E-state index >= 15 is 0 Å². The molecule has 1 aromatic rings. The fraction of sp³-hybridized carbons (Fsp3) is 0.417. The molecule has 0 unspecified atom stereocenters. The second kappa shape index (κ2) is 6.37. The number of aliphatic hydroxyl groups is 6. The number of carbonyl (C=O) groups is 1. The van der Waals surface area contributed by atoms with E-state index < -0.39 is 40.1 Å². The highest BCUT2D eigenvalue weighted by molar-refractivity contribution is 5.98. The zero-order valence-electron chi connectivity index (χ0n) is 12.5. The van der Waals surface area contributed by atoms with Crippen molar-refractivity contribution in [3.8, 4) is 0 Å². The molecule has 0 aliphatic carbocycles. The van der Waals surface area contributed by atoms with Gasteiger partial charge in [-0.15, -0.1) is 0 Å². The van der Waals surface area contributed by atoms with Crippen molar-refractivity contribution in [1.82, 2.24) is 0 Å². The molecule has 1 fully saturated rings. The number of hydrogen-bond acceptors (Lipinski definition) is 10. The summed E-state index contributed by atoms with van der Waals surface area (Å²) in [6.07, 6.45) is 0. The molecule has 1 aliphatic heterocycles. The monoisotopic (exact) mass is 348 g/mol. The molecule has 134 valence electrons. The molecule has 0 radical (unpaired) electrons. The lowest BCUT2D eigenvalue weighted by Crippen LogP contribution is -2.78. The number of ether oxygens (including phenoxy) is 1. The Kier molecular flexibility index (Phi) is 5.27. The molecular weight excluding hydrogens is 332 g/mol. The Morgan fingerprint density at radius 3 is 1.92 bits per heavy atom. The van der Waals surface area contributed by atoms with Crippen LogP contribution >= 0.6 is 0 Å². The van der Waals surface area contributed by atoms with E-state index in [2.05, 4.69) is 4.74 Å². The fourth-order valence-electron chi connectivity index (χ4n) is 1.76. The Morgan fingerprint density at radius 2 is 1.50 bits per heavy atom. The molecule has 0 bridgehead atoms.